The normalized spacial score (nSPS) is 10.4. The zero-order valence-corrected chi connectivity index (χ0v) is 13.4. The van der Waals surface area contributed by atoms with Gasteiger partial charge in [-0.1, -0.05) is 50.8 Å². The maximum Gasteiger partial charge on any atom is 0.176 e. The van der Waals surface area contributed by atoms with Crippen LogP contribution in [-0.4, -0.2) is 0 Å². The lowest BCUT2D eigenvalue weighted by atomic mass is 10.1. The minimum absolute atomic E-state index is 0. The summed E-state index contributed by atoms with van der Waals surface area (Å²) in [5.41, 5.74) is 0. The lowest BCUT2D eigenvalue weighted by Crippen LogP contribution is -3.00. The molecule has 19 heavy (non-hydrogen) atoms. The van der Waals surface area contributed by atoms with E-state index in [0.29, 0.717) is 0 Å². The predicted octanol–water partition coefficient (Wildman–Crippen LogP) is 1.49. The molecule has 0 radical (unpaired) electrons. The molecule has 1 aromatic heterocycles. The van der Waals surface area contributed by atoms with Crippen molar-refractivity contribution < 1.29 is 21.5 Å². The van der Waals surface area contributed by atoms with E-state index in [1.165, 1.54) is 49.3 Å². The minimum atomic E-state index is 0. The molecule has 0 saturated heterocycles. The first-order chi connectivity index (χ1) is 8.90. The van der Waals surface area contributed by atoms with Crippen LogP contribution in [0.3, 0.4) is 0 Å². The first kappa shape index (κ1) is 16.2. The van der Waals surface area contributed by atoms with Gasteiger partial charge >= 0.3 is 0 Å². The molecule has 0 saturated carbocycles. The third-order valence-corrected chi connectivity index (χ3v) is 3.52. The number of aryl methyl sites for hydroxylation is 1. The van der Waals surface area contributed by atoms with Crippen molar-refractivity contribution in [1.29, 1.82) is 0 Å². The summed E-state index contributed by atoms with van der Waals surface area (Å²) in [6, 6.07) is 10.8. The molecule has 1 nitrogen and oxygen atoms in total. The van der Waals surface area contributed by atoms with Crippen LogP contribution in [0.2, 0.25) is 0 Å². The van der Waals surface area contributed by atoms with Crippen molar-refractivity contribution in [2.75, 3.05) is 0 Å². The Morgan fingerprint density at radius 3 is 2.32 bits per heavy atom. The molecule has 2 rings (SSSR count). The van der Waals surface area contributed by atoms with E-state index in [1.807, 2.05) is 0 Å². The number of hydrogen-bond donors (Lipinski definition) is 0. The molecule has 0 N–H and O–H groups in total. The Bertz CT molecular complexity index is 481. The maximum atomic E-state index is 2.32. The summed E-state index contributed by atoms with van der Waals surface area (Å²) in [6.07, 6.45) is 12.6. The van der Waals surface area contributed by atoms with Gasteiger partial charge in [0.25, 0.3) is 0 Å². The van der Waals surface area contributed by atoms with Crippen LogP contribution in [0.15, 0.2) is 42.7 Å². The van der Waals surface area contributed by atoms with Crippen molar-refractivity contribution in [1.82, 2.24) is 0 Å². The molecule has 0 aliphatic rings. The van der Waals surface area contributed by atoms with E-state index in [2.05, 4.69) is 54.2 Å². The van der Waals surface area contributed by atoms with Crippen LogP contribution >= 0.6 is 0 Å². The van der Waals surface area contributed by atoms with E-state index in [0.717, 1.165) is 6.54 Å². The van der Waals surface area contributed by atoms with Crippen LogP contribution in [0.5, 0.6) is 0 Å². The zero-order chi connectivity index (χ0) is 12.6. The van der Waals surface area contributed by atoms with E-state index in [9.17, 15) is 0 Å². The number of fused-ring (bicyclic) bond motifs is 1. The van der Waals surface area contributed by atoms with Crippen molar-refractivity contribution in [3.8, 4) is 0 Å². The zero-order valence-electron chi connectivity index (χ0n) is 11.8. The highest BCUT2D eigenvalue weighted by Crippen LogP contribution is 2.10. The van der Waals surface area contributed by atoms with E-state index < -0.39 is 0 Å². The van der Waals surface area contributed by atoms with Crippen molar-refractivity contribution in [2.45, 2.75) is 52.0 Å². The van der Waals surface area contributed by atoms with E-state index in [1.54, 1.807) is 0 Å². The molecule has 0 aliphatic carbocycles. The molecule has 0 bridgehead atoms. The Morgan fingerprint density at radius 2 is 1.53 bits per heavy atom. The second kappa shape index (κ2) is 9.08. The van der Waals surface area contributed by atoms with Gasteiger partial charge in [-0.25, -0.2) is 4.57 Å². The molecule has 104 valence electrons. The highest BCUT2D eigenvalue weighted by Gasteiger charge is 2.02. The number of nitrogens with zero attached hydrogens (tertiary/aromatic N) is 1. The smallest absolute Gasteiger partial charge is 0.176 e. The van der Waals surface area contributed by atoms with Crippen LogP contribution in [0.1, 0.15) is 45.4 Å². The topological polar surface area (TPSA) is 3.88 Å². The second-order valence-corrected chi connectivity index (χ2v) is 5.08. The van der Waals surface area contributed by atoms with Gasteiger partial charge in [-0.3, -0.25) is 0 Å². The third-order valence-electron chi connectivity index (χ3n) is 3.52. The number of pyridine rings is 1. The Labute approximate surface area is 127 Å². The fraction of sp³-hybridized carbons (Fsp3) is 0.471. The molecule has 1 heterocycles. The van der Waals surface area contributed by atoms with Crippen molar-refractivity contribution in [2.24, 2.45) is 0 Å². The fourth-order valence-electron chi connectivity index (χ4n) is 2.39. The number of hydrogen-bond acceptors (Lipinski definition) is 0. The average molecular weight is 322 g/mol. The molecule has 0 fully saturated rings. The van der Waals surface area contributed by atoms with Crippen LogP contribution in [0, 0.1) is 0 Å². The van der Waals surface area contributed by atoms with Gasteiger partial charge in [-0.2, -0.15) is 0 Å². The first-order valence-electron chi connectivity index (χ1n) is 7.28. The van der Waals surface area contributed by atoms with Gasteiger partial charge in [0.05, 0.1) is 0 Å². The number of aromatic nitrogens is 1. The molecule has 0 amide bonds. The number of halogens is 1. The maximum absolute atomic E-state index is 2.32. The second-order valence-electron chi connectivity index (χ2n) is 5.08. The summed E-state index contributed by atoms with van der Waals surface area (Å²) in [5.74, 6) is 0. The lowest BCUT2D eigenvalue weighted by molar-refractivity contribution is -0.696. The van der Waals surface area contributed by atoms with Crippen molar-refractivity contribution >= 4 is 10.8 Å². The van der Waals surface area contributed by atoms with Crippen molar-refractivity contribution in [3.63, 3.8) is 0 Å². The Morgan fingerprint density at radius 1 is 0.842 bits per heavy atom. The Balaban J connectivity index is 0.00000180. The predicted molar refractivity (Wildman–Crippen MR) is 77.5 cm³/mol. The van der Waals surface area contributed by atoms with Crippen molar-refractivity contribution in [3.05, 3.63) is 42.7 Å². The highest BCUT2D eigenvalue weighted by atomic mass is 79.9. The molecule has 2 heteroatoms. The summed E-state index contributed by atoms with van der Waals surface area (Å²) in [4.78, 5) is 0. The molecule has 2 aromatic rings. The summed E-state index contributed by atoms with van der Waals surface area (Å²) >= 11 is 0. The Kier molecular flexibility index (Phi) is 7.73. The molecular formula is C17H24BrN. The summed E-state index contributed by atoms with van der Waals surface area (Å²) < 4.78 is 2.32. The van der Waals surface area contributed by atoms with E-state index in [4.69, 9.17) is 0 Å². The summed E-state index contributed by atoms with van der Waals surface area (Å²) in [6.45, 7) is 3.42. The monoisotopic (exact) mass is 321 g/mol. The van der Waals surface area contributed by atoms with Crippen LogP contribution in [0.4, 0.5) is 0 Å². The fourth-order valence-corrected chi connectivity index (χ4v) is 2.39. The molecule has 0 spiro atoms. The van der Waals surface area contributed by atoms with Crippen LogP contribution in [-0.2, 0) is 6.54 Å². The molecule has 1 aromatic carbocycles. The molecular weight excluding hydrogens is 298 g/mol. The van der Waals surface area contributed by atoms with Gasteiger partial charge < -0.3 is 17.0 Å². The van der Waals surface area contributed by atoms with E-state index >= 15 is 0 Å². The van der Waals surface area contributed by atoms with Crippen LogP contribution < -0.4 is 21.5 Å². The number of unbranched alkanes of at least 4 members (excludes halogenated alkanes) is 5. The number of rotatable bonds is 7. The molecule has 0 aliphatic heterocycles. The van der Waals surface area contributed by atoms with Gasteiger partial charge in [0.1, 0.15) is 6.54 Å². The average Bonchev–Trinajstić information content (AvgIpc) is 2.42. The SMILES string of the molecule is CCCCCCCC[n+]1ccc2ccccc2c1.[Br-]. The first-order valence-corrected chi connectivity index (χ1v) is 7.28. The van der Waals surface area contributed by atoms with Gasteiger partial charge in [0, 0.05) is 17.9 Å². The lowest BCUT2D eigenvalue weighted by Gasteiger charge is -2.00. The minimum Gasteiger partial charge on any atom is -1.00 e. The molecule has 0 unspecified atom stereocenters. The van der Waals surface area contributed by atoms with Gasteiger partial charge in [0.2, 0.25) is 0 Å². The standard InChI is InChI=1S/C17H24N.BrH/c1-2-3-4-5-6-9-13-18-14-12-16-10-7-8-11-17(16)15-18;/h7-8,10-12,14-15H,2-6,9,13H2,1H3;1H/q+1;/p-1. The third kappa shape index (κ3) is 5.32. The van der Waals surface area contributed by atoms with Gasteiger partial charge in [-0.15, -0.1) is 0 Å². The summed E-state index contributed by atoms with van der Waals surface area (Å²) in [7, 11) is 0. The van der Waals surface area contributed by atoms with Gasteiger partial charge in [-0.05, 0) is 17.9 Å². The van der Waals surface area contributed by atoms with Gasteiger partial charge in [0.15, 0.2) is 12.4 Å². The van der Waals surface area contributed by atoms with Crippen LogP contribution in [0.25, 0.3) is 10.8 Å². The van der Waals surface area contributed by atoms with E-state index in [-0.39, 0.29) is 17.0 Å². The highest BCUT2D eigenvalue weighted by molar-refractivity contribution is 5.80. The number of benzene rings is 1. The largest absolute Gasteiger partial charge is 1.00 e. The summed E-state index contributed by atoms with van der Waals surface area (Å²) in [5, 5.41) is 2.67. The quantitative estimate of drug-likeness (QED) is 0.537. The Hall–Kier alpha value is -0.890. The molecule has 0 atom stereocenters.